The van der Waals surface area contributed by atoms with Gasteiger partial charge in [-0.25, -0.2) is 4.98 Å². The summed E-state index contributed by atoms with van der Waals surface area (Å²) in [5.41, 5.74) is 1.18. The number of nitrogens with one attached hydrogen (secondary N) is 1. The van der Waals surface area contributed by atoms with E-state index in [1.807, 2.05) is 6.26 Å². The molecule has 0 radical (unpaired) electrons. The lowest BCUT2D eigenvalue weighted by atomic mass is 10.1. The molecular weight excluding hydrogens is 164 g/mol. The van der Waals surface area contributed by atoms with Gasteiger partial charge in [0.15, 0.2) is 5.89 Å². The molecule has 0 amide bonds. The van der Waals surface area contributed by atoms with Crippen LogP contribution >= 0.6 is 0 Å². The van der Waals surface area contributed by atoms with Crippen molar-refractivity contribution >= 4 is 0 Å². The molecular formula is C10H14N2O. The maximum Gasteiger partial charge on any atom is 0.198 e. The van der Waals surface area contributed by atoms with E-state index in [9.17, 15) is 0 Å². The van der Waals surface area contributed by atoms with Gasteiger partial charge in [0.2, 0.25) is 0 Å². The van der Waals surface area contributed by atoms with Crippen molar-refractivity contribution in [2.75, 3.05) is 13.1 Å². The lowest BCUT2D eigenvalue weighted by Gasteiger charge is -1.99. The summed E-state index contributed by atoms with van der Waals surface area (Å²) in [5.74, 6) is 2.19. The number of hydrogen-bond acceptors (Lipinski definition) is 3. The summed E-state index contributed by atoms with van der Waals surface area (Å²) >= 11 is 0. The average Bonchev–Trinajstić information content (AvgIpc) is 2.72. The third kappa shape index (κ3) is 1.37. The Bertz CT molecular complexity index is 298. The zero-order valence-electron chi connectivity index (χ0n) is 7.62. The predicted octanol–water partition coefficient (Wildman–Crippen LogP) is 1.63. The van der Waals surface area contributed by atoms with Gasteiger partial charge in [-0.05, 0) is 25.8 Å². The molecule has 1 N–H and O–H groups in total. The number of rotatable bonds is 2. The molecule has 3 nitrogen and oxygen atoms in total. The summed E-state index contributed by atoms with van der Waals surface area (Å²) < 4.78 is 5.50. The van der Waals surface area contributed by atoms with E-state index in [-0.39, 0.29) is 0 Å². The van der Waals surface area contributed by atoms with Gasteiger partial charge < -0.3 is 9.73 Å². The Balaban J connectivity index is 1.79. The van der Waals surface area contributed by atoms with E-state index < -0.39 is 0 Å². The summed E-state index contributed by atoms with van der Waals surface area (Å²) in [4.78, 5) is 4.55. The van der Waals surface area contributed by atoms with Gasteiger partial charge in [0.1, 0.15) is 6.26 Å². The molecule has 1 aromatic heterocycles. The molecule has 0 spiro atoms. The standard InChI is InChI=1S/C10H14N2O/c1-2-7(1)9-6-13-10(12-9)8-3-4-11-5-8/h6-8,11H,1-5H2. The topological polar surface area (TPSA) is 38.1 Å². The molecule has 1 atom stereocenters. The molecule has 2 heterocycles. The molecule has 1 saturated carbocycles. The van der Waals surface area contributed by atoms with E-state index in [0.717, 1.165) is 19.0 Å². The van der Waals surface area contributed by atoms with Crippen molar-refractivity contribution < 1.29 is 4.42 Å². The van der Waals surface area contributed by atoms with E-state index in [2.05, 4.69) is 10.3 Å². The van der Waals surface area contributed by atoms with Crippen LogP contribution in [0.1, 0.15) is 42.7 Å². The normalized spacial score (nSPS) is 28.2. The van der Waals surface area contributed by atoms with Crippen molar-refractivity contribution in [3.63, 3.8) is 0 Å². The first-order chi connectivity index (χ1) is 6.43. The molecule has 1 unspecified atom stereocenters. The van der Waals surface area contributed by atoms with E-state index in [4.69, 9.17) is 4.42 Å². The highest BCUT2D eigenvalue weighted by Gasteiger charge is 2.29. The smallest absolute Gasteiger partial charge is 0.198 e. The zero-order chi connectivity index (χ0) is 8.67. The predicted molar refractivity (Wildman–Crippen MR) is 48.7 cm³/mol. The fourth-order valence-electron chi connectivity index (χ4n) is 1.92. The maximum absolute atomic E-state index is 5.50. The third-order valence-electron chi connectivity index (χ3n) is 2.94. The summed E-state index contributed by atoms with van der Waals surface area (Å²) in [5, 5.41) is 3.32. The van der Waals surface area contributed by atoms with Gasteiger partial charge in [-0.3, -0.25) is 0 Å². The van der Waals surface area contributed by atoms with Crippen LogP contribution in [0.2, 0.25) is 0 Å². The van der Waals surface area contributed by atoms with Gasteiger partial charge in [-0.1, -0.05) is 0 Å². The van der Waals surface area contributed by atoms with Crippen molar-refractivity contribution in [2.45, 2.75) is 31.1 Å². The molecule has 2 fully saturated rings. The number of hydrogen-bond donors (Lipinski definition) is 1. The van der Waals surface area contributed by atoms with E-state index >= 15 is 0 Å². The first-order valence-corrected chi connectivity index (χ1v) is 5.09. The average molecular weight is 178 g/mol. The van der Waals surface area contributed by atoms with Crippen LogP contribution in [0.15, 0.2) is 10.7 Å². The maximum atomic E-state index is 5.50. The fourth-order valence-corrected chi connectivity index (χ4v) is 1.92. The molecule has 0 aromatic carbocycles. The molecule has 2 aliphatic rings. The summed E-state index contributed by atoms with van der Waals surface area (Å²) in [6.07, 6.45) is 5.62. The highest BCUT2D eigenvalue weighted by molar-refractivity contribution is 5.12. The quantitative estimate of drug-likeness (QED) is 0.748. The Hall–Kier alpha value is -0.830. The minimum atomic E-state index is 0.521. The fraction of sp³-hybridized carbons (Fsp3) is 0.700. The van der Waals surface area contributed by atoms with Gasteiger partial charge in [0.05, 0.1) is 5.69 Å². The van der Waals surface area contributed by atoms with Crippen LogP contribution in [0.3, 0.4) is 0 Å². The van der Waals surface area contributed by atoms with Crippen LogP contribution in [0.5, 0.6) is 0 Å². The second-order valence-electron chi connectivity index (χ2n) is 4.07. The van der Waals surface area contributed by atoms with E-state index in [1.54, 1.807) is 0 Å². The van der Waals surface area contributed by atoms with Crippen LogP contribution in [0.25, 0.3) is 0 Å². The van der Waals surface area contributed by atoms with Crippen LogP contribution in [-0.4, -0.2) is 18.1 Å². The highest BCUT2D eigenvalue weighted by Crippen LogP contribution is 2.40. The van der Waals surface area contributed by atoms with Crippen molar-refractivity contribution in [3.05, 3.63) is 17.8 Å². The Morgan fingerprint density at radius 3 is 2.92 bits per heavy atom. The van der Waals surface area contributed by atoms with Crippen molar-refractivity contribution in [2.24, 2.45) is 0 Å². The van der Waals surface area contributed by atoms with E-state index in [1.165, 1.54) is 25.0 Å². The lowest BCUT2D eigenvalue weighted by molar-refractivity contribution is 0.457. The Kier molecular flexibility index (Phi) is 1.65. The molecule has 1 aliphatic carbocycles. The molecule has 1 aliphatic heterocycles. The van der Waals surface area contributed by atoms with Crippen molar-refractivity contribution in [3.8, 4) is 0 Å². The minimum Gasteiger partial charge on any atom is -0.448 e. The number of aromatic nitrogens is 1. The van der Waals surface area contributed by atoms with Crippen LogP contribution in [0.4, 0.5) is 0 Å². The third-order valence-corrected chi connectivity index (χ3v) is 2.94. The molecule has 0 bridgehead atoms. The Morgan fingerprint density at radius 2 is 2.23 bits per heavy atom. The monoisotopic (exact) mass is 178 g/mol. The molecule has 1 aromatic rings. The van der Waals surface area contributed by atoms with Gasteiger partial charge in [0.25, 0.3) is 0 Å². The number of oxazole rings is 1. The van der Waals surface area contributed by atoms with Crippen molar-refractivity contribution in [1.29, 1.82) is 0 Å². The second kappa shape index (κ2) is 2.84. The summed E-state index contributed by atoms with van der Waals surface area (Å²) in [7, 11) is 0. The van der Waals surface area contributed by atoms with Gasteiger partial charge in [0, 0.05) is 18.4 Å². The second-order valence-corrected chi connectivity index (χ2v) is 4.07. The highest BCUT2D eigenvalue weighted by atomic mass is 16.3. The van der Waals surface area contributed by atoms with Crippen LogP contribution in [-0.2, 0) is 0 Å². The number of nitrogens with zero attached hydrogens (tertiary/aromatic N) is 1. The van der Waals surface area contributed by atoms with Gasteiger partial charge >= 0.3 is 0 Å². The van der Waals surface area contributed by atoms with Crippen molar-refractivity contribution in [1.82, 2.24) is 10.3 Å². The molecule has 13 heavy (non-hydrogen) atoms. The van der Waals surface area contributed by atoms with E-state index in [0.29, 0.717) is 11.8 Å². The van der Waals surface area contributed by atoms with Crippen LogP contribution in [0, 0.1) is 0 Å². The zero-order valence-corrected chi connectivity index (χ0v) is 7.62. The first kappa shape index (κ1) is 7.56. The van der Waals surface area contributed by atoms with Gasteiger partial charge in [-0.15, -0.1) is 0 Å². The minimum absolute atomic E-state index is 0.521. The molecule has 3 rings (SSSR count). The Labute approximate surface area is 77.5 Å². The molecule has 3 heteroatoms. The lowest BCUT2D eigenvalue weighted by Crippen LogP contribution is -2.08. The summed E-state index contributed by atoms with van der Waals surface area (Å²) in [6.45, 7) is 2.14. The molecule has 1 saturated heterocycles. The SMILES string of the molecule is c1oc(C2CCNC2)nc1C1CC1. The largest absolute Gasteiger partial charge is 0.448 e. The molecule has 70 valence electrons. The first-order valence-electron chi connectivity index (χ1n) is 5.09. The van der Waals surface area contributed by atoms with Crippen LogP contribution < -0.4 is 5.32 Å². The summed E-state index contributed by atoms with van der Waals surface area (Å²) in [6, 6.07) is 0. The van der Waals surface area contributed by atoms with Gasteiger partial charge in [-0.2, -0.15) is 0 Å². The Morgan fingerprint density at radius 1 is 1.31 bits per heavy atom.